The highest BCUT2D eigenvalue weighted by Gasteiger charge is 2.15. The number of fused-ring (bicyclic) bond motifs is 2. The molecule has 170 valence electrons. The van der Waals surface area contributed by atoms with Crippen LogP contribution in [0.3, 0.4) is 0 Å². The van der Waals surface area contributed by atoms with Crippen LogP contribution in [0.25, 0.3) is 55.6 Å². The molecule has 0 amide bonds. The van der Waals surface area contributed by atoms with Crippen LogP contribution in [0.2, 0.25) is 0 Å². The van der Waals surface area contributed by atoms with Gasteiger partial charge in [0.2, 0.25) is 0 Å². The first-order chi connectivity index (χ1) is 17.2. The number of aromatic amines is 2. The van der Waals surface area contributed by atoms with Gasteiger partial charge in [0.15, 0.2) is 5.65 Å². The van der Waals surface area contributed by atoms with Gasteiger partial charge in [-0.3, -0.25) is 20.1 Å². The number of anilines is 1. The molecule has 6 heterocycles. The first-order valence-electron chi connectivity index (χ1n) is 11.3. The predicted octanol–water partition coefficient (Wildman–Crippen LogP) is 5.96. The SMILES string of the molecule is C=C(CC)Nc1cncc(-c2cnc3n[nH]c(-c4cc5c(-c6ccncc6)cncc5[nH]4)c3c2)c1. The van der Waals surface area contributed by atoms with Crippen LogP contribution >= 0.6 is 0 Å². The fraction of sp³-hybridized carbons (Fsp3) is 0.0741. The van der Waals surface area contributed by atoms with Crippen LogP contribution in [0.5, 0.6) is 0 Å². The van der Waals surface area contributed by atoms with Gasteiger partial charge in [-0.1, -0.05) is 13.5 Å². The largest absolute Gasteiger partial charge is 0.358 e. The van der Waals surface area contributed by atoms with Gasteiger partial charge in [-0.05, 0) is 42.3 Å². The summed E-state index contributed by atoms with van der Waals surface area (Å²) in [5.41, 5.74) is 9.23. The van der Waals surface area contributed by atoms with Gasteiger partial charge in [0.05, 0.1) is 35.0 Å². The molecular formula is C27H22N8. The van der Waals surface area contributed by atoms with Crippen LogP contribution in [-0.2, 0) is 0 Å². The van der Waals surface area contributed by atoms with E-state index in [2.05, 4.69) is 66.1 Å². The van der Waals surface area contributed by atoms with Gasteiger partial charge in [-0.15, -0.1) is 0 Å². The molecule has 0 aliphatic carbocycles. The van der Waals surface area contributed by atoms with Crippen molar-refractivity contribution < 1.29 is 0 Å². The van der Waals surface area contributed by atoms with Gasteiger partial charge in [-0.2, -0.15) is 5.10 Å². The highest BCUT2D eigenvalue weighted by atomic mass is 15.2. The maximum atomic E-state index is 4.59. The van der Waals surface area contributed by atoms with E-state index in [4.69, 9.17) is 0 Å². The number of nitrogens with zero attached hydrogens (tertiary/aromatic N) is 5. The second-order valence-electron chi connectivity index (χ2n) is 8.31. The standard InChI is InChI=1S/C27H22N8/c1-3-16(2)32-20-8-18(11-29-13-20)19-9-22-26(34-35-27(22)31-12-19)24-10-21-23(14-30-15-25(21)33-24)17-4-6-28-7-5-17/h4-15,32-33H,2-3H2,1H3,(H,31,34,35). The first-order valence-corrected chi connectivity index (χ1v) is 11.3. The second-order valence-corrected chi connectivity index (χ2v) is 8.31. The van der Waals surface area contributed by atoms with Crippen molar-refractivity contribution >= 4 is 27.6 Å². The lowest BCUT2D eigenvalue weighted by atomic mass is 10.0. The third kappa shape index (κ3) is 3.80. The second kappa shape index (κ2) is 8.49. The van der Waals surface area contributed by atoms with Gasteiger partial charge in [-0.25, -0.2) is 4.98 Å². The molecule has 3 N–H and O–H groups in total. The van der Waals surface area contributed by atoms with E-state index < -0.39 is 0 Å². The lowest BCUT2D eigenvalue weighted by Crippen LogP contribution is -1.97. The van der Waals surface area contributed by atoms with Crippen LogP contribution in [0.15, 0.2) is 86.0 Å². The Labute approximate surface area is 201 Å². The van der Waals surface area contributed by atoms with Crippen LogP contribution in [0, 0.1) is 0 Å². The van der Waals surface area contributed by atoms with Crippen LogP contribution in [0.1, 0.15) is 13.3 Å². The summed E-state index contributed by atoms with van der Waals surface area (Å²) in [5, 5.41) is 12.9. The lowest BCUT2D eigenvalue weighted by molar-refractivity contribution is 1.10. The van der Waals surface area contributed by atoms with E-state index in [0.29, 0.717) is 5.65 Å². The summed E-state index contributed by atoms with van der Waals surface area (Å²) >= 11 is 0. The Bertz CT molecular complexity index is 1680. The van der Waals surface area contributed by atoms with Crippen molar-refractivity contribution in [2.45, 2.75) is 13.3 Å². The fourth-order valence-corrected chi connectivity index (χ4v) is 4.17. The third-order valence-electron chi connectivity index (χ3n) is 6.04. The summed E-state index contributed by atoms with van der Waals surface area (Å²) in [4.78, 5) is 21.0. The molecule has 0 unspecified atom stereocenters. The Morgan fingerprint density at radius 1 is 0.886 bits per heavy atom. The number of hydrogen-bond donors (Lipinski definition) is 3. The van der Waals surface area contributed by atoms with Gasteiger partial charge < -0.3 is 10.3 Å². The average molecular weight is 459 g/mol. The molecular weight excluding hydrogens is 436 g/mol. The normalized spacial score (nSPS) is 11.2. The highest BCUT2D eigenvalue weighted by Crippen LogP contribution is 2.34. The molecule has 0 spiro atoms. The van der Waals surface area contributed by atoms with Crippen molar-refractivity contribution in [2.75, 3.05) is 5.32 Å². The monoisotopic (exact) mass is 458 g/mol. The zero-order valence-electron chi connectivity index (χ0n) is 19.1. The van der Waals surface area contributed by atoms with E-state index >= 15 is 0 Å². The van der Waals surface area contributed by atoms with E-state index in [1.165, 1.54) is 0 Å². The van der Waals surface area contributed by atoms with E-state index in [-0.39, 0.29) is 0 Å². The Balaban J connectivity index is 1.43. The Hall–Kier alpha value is -4.85. The molecule has 6 aromatic rings. The molecule has 0 aromatic carbocycles. The summed E-state index contributed by atoms with van der Waals surface area (Å²) in [6.07, 6.45) is 13.6. The number of nitrogens with one attached hydrogen (secondary N) is 3. The van der Waals surface area contributed by atoms with Crippen molar-refractivity contribution in [3.63, 3.8) is 0 Å². The van der Waals surface area contributed by atoms with Gasteiger partial charge >= 0.3 is 0 Å². The van der Waals surface area contributed by atoms with Crippen molar-refractivity contribution in [2.24, 2.45) is 0 Å². The summed E-state index contributed by atoms with van der Waals surface area (Å²) in [5.74, 6) is 0. The van der Waals surface area contributed by atoms with Gasteiger partial charge in [0.25, 0.3) is 0 Å². The number of allylic oxidation sites excluding steroid dienone is 1. The molecule has 0 fully saturated rings. The fourth-order valence-electron chi connectivity index (χ4n) is 4.17. The Morgan fingerprint density at radius 2 is 1.71 bits per heavy atom. The number of pyridine rings is 4. The number of aromatic nitrogens is 7. The van der Waals surface area contributed by atoms with Gasteiger partial charge in [0.1, 0.15) is 0 Å². The van der Waals surface area contributed by atoms with E-state index in [0.717, 1.165) is 67.7 Å². The maximum Gasteiger partial charge on any atom is 0.181 e. The first kappa shape index (κ1) is 20.7. The number of H-pyrrole nitrogens is 2. The zero-order chi connectivity index (χ0) is 23.8. The minimum atomic E-state index is 0.650. The smallest absolute Gasteiger partial charge is 0.181 e. The predicted molar refractivity (Wildman–Crippen MR) is 138 cm³/mol. The molecule has 0 aliphatic rings. The van der Waals surface area contributed by atoms with Crippen molar-refractivity contribution in [3.8, 4) is 33.6 Å². The quantitative estimate of drug-likeness (QED) is 0.284. The molecule has 0 radical (unpaired) electrons. The third-order valence-corrected chi connectivity index (χ3v) is 6.04. The van der Waals surface area contributed by atoms with E-state index in [9.17, 15) is 0 Å². The summed E-state index contributed by atoms with van der Waals surface area (Å²) < 4.78 is 0. The van der Waals surface area contributed by atoms with Crippen molar-refractivity contribution in [1.29, 1.82) is 0 Å². The molecule has 8 nitrogen and oxygen atoms in total. The van der Waals surface area contributed by atoms with Crippen LogP contribution < -0.4 is 5.32 Å². The van der Waals surface area contributed by atoms with Crippen molar-refractivity contribution in [1.82, 2.24) is 35.1 Å². The molecule has 35 heavy (non-hydrogen) atoms. The number of rotatable bonds is 6. The van der Waals surface area contributed by atoms with Crippen LogP contribution in [-0.4, -0.2) is 35.1 Å². The van der Waals surface area contributed by atoms with Gasteiger partial charge in [0, 0.05) is 64.1 Å². The highest BCUT2D eigenvalue weighted by molar-refractivity contribution is 6.00. The maximum absolute atomic E-state index is 4.59. The Morgan fingerprint density at radius 3 is 2.57 bits per heavy atom. The molecule has 0 bridgehead atoms. The Kier molecular flexibility index (Phi) is 5.03. The minimum Gasteiger partial charge on any atom is -0.358 e. The molecule has 6 rings (SSSR count). The average Bonchev–Trinajstić information content (AvgIpc) is 3.53. The van der Waals surface area contributed by atoms with Crippen LogP contribution in [0.4, 0.5) is 5.69 Å². The number of hydrogen-bond acceptors (Lipinski definition) is 6. The molecule has 6 aromatic heterocycles. The summed E-state index contributed by atoms with van der Waals surface area (Å²) in [6, 6.07) is 10.2. The molecule has 0 saturated heterocycles. The molecule has 0 atom stereocenters. The van der Waals surface area contributed by atoms with E-state index in [1.54, 1.807) is 18.6 Å². The summed E-state index contributed by atoms with van der Waals surface area (Å²) in [6.45, 7) is 6.08. The lowest BCUT2D eigenvalue weighted by Gasteiger charge is -2.09. The molecule has 8 heteroatoms. The zero-order valence-corrected chi connectivity index (χ0v) is 19.1. The van der Waals surface area contributed by atoms with Crippen molar-refractivity contribution in [3.05, 3.63) is 86.0 Å². The minimum absolute atomic E-state index is 0.650. The molecule has 0 aliphatic heterocycles. The molecule has 0 saturated carbocycles. The summed E-state index contributed by atoms with van der Waals surface area (Å²) in [7, 11) is 0. The van der Waals surface area contributed by atoms with E-state index in [1.807, 2.05) is 43.0 Å². The topological polar surface area (TPSA) is 108 Å².